The van der Waals surface area contributed by atoms with Crippen molar-refractivity contribution in [1.82, 2.24) is 0 Å². The van der Waals surface area contributed by atoms with Gasteiger partial charge in [-0.15, -0.1) is 0 Å². The Morgan fingerprint density at radius 1 is 0.767 bits per heavy atom. The van der Waals surface area contributed by atoms with Crippen molar-refractivity contribution in [2.75, 3.05) is 13.2 Å². The second-order valence-corrected chi connectivity index (χ2v) is 14.1. The van der Waals surface area contributed by atoms with Gasteiger partial charge in [0, 0.05) is 29.7 Å². The summed E-state index contributed by atoms with van der Waals surface area (Å²) < 4.78 is 35.2. The zero-order valence-electron chi connectivity index (χ0n) is 31.2. The Labute approximate surface area is 339 Å². The van der Waals surface area contributed by atoms with Crippen LogP contribution < -0.4 is 10.2 Å². The van der Waals surface area contributed by atoms with E-state index < -0.39 is 103 Å². The van der Waals surface area contributed by atoms with Crippen molar-refractivity contribution >= 4 is 23.0 Å². The number of fused-ring (bicyclic) bond motifs is 1. The van der Waals surface area contributed by atoms with Crippen LogP contribution in [-0.2, 0) is 30.2 Å². The Bertz CT molecular complexity index is 2390. The molecule has 2 saturated heterocycles. The van der Waals surface area contributed by atoms with Crippen molar-refractivity contribution < 1.29 is 84.0 Å². The number of hydrogen-bond donors (Lipinski definition) is 10. The normalized spacial score (nSPS) is 25.6. The number of esters is 1. The number of hydrogen-bond acceptors (Lipinski definition) is 18. The fraction of sp³-hybridized carbons (Fsp3) is 0.286. The lowest BCUT2D eigenvalue weighted by Gasteiger charge is -2.45. The third-order valence-corrected chi connectivity index (χ3v) is 9.97. The van der Waals surface area contributed by atoms with E-state index in [-0.39, 0.29) is 46.1 Å². The van der Waals surface area contributed by atoms with Gasteiger partial charge in [0.05, 0.1) is 13.2 Å². The quantitative estimate of drug-likeness (QED) is 0.0666. The first-order chi connectivity index (χ1) is 28.7. The molecule has 1 aromatic heterocycles. The summed E-state index contributed by atoms with van der Waals surface area (Å²) in [6.45, 7) is -1.43. The maximum absolute atomic E-state index is 14.5. The van der Waals surface area contributed by atoms with Crippen LogP contribution in [0.25, 0.3) is 28.4 Å². The standard InChI is InChI=1S/C42H40O18/c43-17-29-33(52)35(54)40(60-41-39(32(51)28(49)18-55-41)57-30(50)14-5-19-1-8-22(44)9-2-19)42(56-29)59-38-34(53)31-27(48)16-26(47)25(15-20-3-10-23(45)11-4-20)37(31)58-36(38)21-6-12-24(46)13-7-21/h1-14,16,28-29,32-33,35,39-49,51-52,54H,15,17-18H2. The van der Waals surface area contributed by atoms with Crippen molar-refractivity contribution in [3.63, 3.8) is 0 Å². The molecule has 2 aliphatic rings. The first-order valence-corrected chi connectivity index (χ1v) is 18.4. The molecule has 9 unspecified atom stereocenters. The van der Waals surface area contributed by atoms with Gasteiger partial charge in [-0.05, 0) is 65.7 Å². The molecular formula is C42H40O18. The van der Waals surface area contributed by atoms with Crippen LogP contribution in [-0.4, -0.2) is 126 Å². The molecule has 0 amide bonds. The minimum atomic E-state index is -1.99. The fourth-order valence-corrected chi connectivity index (χ4v) is 6.77. The Hall–Kier alpha value is -6.22. The molecule has 316 valence electrons. The highest BCUT2D eigenvalue weighted by Gasteiger charge is 2.51. The molecule has 0 bridgehead atoms. The average Bonchev–Trinajstić information content (AvgIpc) is 3.23. The number of ether oxygens (including phenoxy) is 5. The summed E-state index contributed by atoms with van der Waals surface area (Å²) >= 11 is 0. The molecule has 18 heteroatoms. The predicted molar refractivity (Wildman–Crippen MR) is 206 cm³/mol. The Morgan fingerprint density at radius 3 is 2.05 bits per heavy atom. The van der Waals surface area contributed by atoms with Gasteiger partial charge in [-0.1, -0.05) is 24.3 Å². The number of phenols is 5. The van der Waals surface area contributed by atoms with Crippen LogP contribution in [0.4, 0.5) is 0 Å². The third-order valence-electron chi connectivity index (χ3n) is 9.97. The Balaban J connectivity index is 1.27. The summed E-state index contributed by atoms with van der Waals surface area (Å²) in [7, 11) is 0. The van der Waals surface area contributed by atoms with Crippen molar-refractivity contribution in [2.24, 2.45) is 0 Å². The summed E-state index contributed by atoms with van der Waals surface area (Å²) in [6.07, 6.45) is -13.9. The number of aliphatic hydroxyl groups excluding tert-OH is 5. The monoisotopic (exact) mass is 832 g/mol. The van der Waals surface area contributed by atoms with E-state index >= 15 is 0 Å². The lowest BCUT2D eigenvalue weighted by molar-refractivity contribution is -0.345. The van der Waals surface area contributed by atoms with Crippen LogP contribution in [0.3, 0.4) is 0 Å². The van der Waals surface area contributed by atoms with Gasteiger partial charge in [0.25, 0.3) is 0 Å². The molecule has 0 aliphatic carbocycles. The maximum atomic E-state index is 14.5. The zero-order chi connectivity index (χ0) is 42.8. The molecule has 2 fully saturated rings. The Morgan fingerprint density at radius 2 is 1.40 bits per heavy atom. The van der Waals surface area contributed by atoms with Gasteiger partial charge < -0.3 is 79.2 Å². The molecule has 10 N–H and O–H groups in total. The van der Waals surface area contributed by atoms with Gasteiger partial charge in [0.2, 0.25) is 17.5 Å². The highest BCUT2D eigenvalue weighted by Crippen LogP contribution is 2.41. The van der Waals surface area contributed by atoms with Gasteiger partial charge in [0.1, 0.15) is 70.2 Å². The molecular weight excluding hydrogens is 792 g/mol. The van der Waals surface area contributed by atoms with Gasteiger partial charge in [-0.3, -0.25) is 4.79 Å². The number of benzene rings is 4. The van der Waals surface area contributed by atoms with Crippen molar-refractivity contribution in [3.05, 3.63) is 112 Å². The van der Waals surface area contributed by atoms with Crippen molar-refractivity contribution in [3.8, 4) is 45.8 Å². The number of aliphatic hydroxyl groups is 5. The van der Waals surface area contributed by atoms with Crippen LogP contribution in [0, 0.1) is 0 Å². The second-order valence-electron chi connectivity index (χ2n) is 14.1. The number of phenolic OH excluding ortho intramolecular Hbond substituents is 5. The summed E-state index contributed by atoms with van der Waals surface area (Å²) in [5.74, 6) is -3.40. The molecule has 3 heterocycles. The van der Waals surface area contributed by atoms with E-state index in [2.05, 4.69) is 0 Å². The molecule has 2 aliphatic heterocycles. The van der Waals surface area contributed by atoms with E-state index in [0.717, 1.165) is 12.1 Å². The number of carbonyl (C=O) groups is 1. The fourth-order valence-electron chi connectivity index (χ4n) is 6.77. The summed E-state index contributed by atoms with van der Waals surface area (Å²) in [4.78, 5) is 27.5. The molecule has 5 aromatic rings. The summed E-state index contributed by atoms with van der Waals surface area (Å²) in [5.41, 5.74) is -0.0622. The molecule has 0 saturated carbocycles. The van der Waals surface area contributed by atoms with E-state index in [1.807, 2.05) is 0 Å². The second kappa shape index (κ2) is 17.6. The highest BCUT2D eigenvalue weighted by molar-refractivity contribution is 5.91. The lowest BCUT2D eigenvalue weighted by atomic mass is 9.98. The van der Waals surface area contributed by atoms with Gasteiger partial charge >= 0.3 is 5.97 Å². The smallest absolute Gasteiger partial charge is 0.331 e. The van der Waals surface area contributed by atoms with E-state index in [0.29, 0.717) is 11.1 Å². The van der Waals surface area contributed by atoms with Gasteiger partial charge in [-0.2, -0.15) is 0 Å². The molecule has 9 atom stereocenters. The minimum absolute atomic E-state index is 0.00891. The minimum Gasteiger partial charge on any atom is -0.508 e. The summed E-state index contributed by atoms with van der Waals surface area (Å²) in [6, 6.07) is 17.9. The zero-order valence-corrected chi connectivity index (χ0v) is 31.2. The van der Waals surface area contributed by atoms with Crippen LogP contribution in [0.15, 0.2) is 94.2 Å². The largest absolute Gasteiger partial charge is 0.508 e. The van der Waals surface area contributed by atoms with E-state index in [1.165, 1.54) is 66.7 Å². The molecule has 4 aromatic carbocycles. The van der Waals surface area contributed by atoms with E-state index in [1.54, 1.807) is 12.1 Å². The molecule has 18 nitrogen and oxygen atoms in total. The van der Waals surface area contributed by atoms with Crippen molar-refractivity contribution in [1.29, 1.82) is 0 Å². The first kappa shape index (κ1) is 41.9. The average molecular weight is 833 g/mol. The maximum Gasteiger partial charge on any atom is 0.331 e. The van der Waals surface area contributed by atoms with Crippen LogP contribution in [0.2, 0.25) is 0 Å². The predicted octanol–water partition coefficient (Wildman–Crippen LogP) is 1.49. The summed E-state index contributed by atoms with van der Waals surface area (Å²) in [5, 5.41) is 105. The van der Waals surface area contributed by atoms with Crippen molar-refractivity contribution in [2.45, 2.75) is 61.7 Å². The lowest BCUT2D eigenvalue weighted by Crippen LogP contribution is -2.64. The van der Waals surface area contributed by atoms with Gasteiger partial charge in [-0.25, -0.2) is 4.79 Å². The molecule has 0 spiro atoms. The number of aromatic hydroxyl groups is 5. The molecule has 7 rings (SSSR count). The van der Waals surface area contributed by atoms with E-state index in [9.17, 15) is 60.7 Å². The first-order valence-electron chi connectivity index (χ1n) is 18.4. The van der Waals surface area contributed by atoms with E-state index in [4.69, 9.17) is 28.1 Å². The topological polar surface area (TPSA) is 296 Å². The van der Waals surface area contributed by atoms with Crippen LogP contribution >= 0.6 is 0 Å². The molecule has 60 heavy (non-hydrogen) atoms. The molecule has 0 radical (unpaired) electrons. The van der Waals surface area contributed by atoms with Crippen LogP contribution in [0.1, 0.15) is 16.7 Å². The number of rotatable bonds is 11. The SMILES string of the molecule is O=C(C=Cc1ccc(O)cc1)OC1C(OC2C(Oc3c(-c4ccc(O)cc4)oc4c(Cc5ccc(O)cc5)c(O)cc(O)c4c3=O)OC(CO)C(O)C2O)OCC(O)C1O. The third kappa shape index (κ3) is 8.71. The van der Waals surface area contributed by atoms with Crippen LogP contribution in [0.5, 0.6) is 34.5 Å². The number of carbonyl (C=O) groups excluding carboxylic acids is 1. The Kier molecular flexibility index (Phi) is 12.3. The highest BCUT2D eigenvalue weighted by atomic mass is 16.8. The van der Waals surface area contributed by atoms with Gasteiger partial charge in [0.15, 0.2) is 24.3 Å².